The Morgan fingerprint density at radius 3 is 2.49 bits per heavy atom. The molecule has 3 unspecified atom stereocenters. The van der Waals surface area contributed by atoms with Gasteiger partial charge in [0.2, 0.25) is 0 Å². The average molecular weight is 547 g/mol. The average Bonchev–Trinajstić information content (AvgIpc) is 3.11. The summed E-state index contributed by atoms with van der Waals surface area (Å²) in [5, 5.41) is 29.9. The molecule has 35 heavy (non-hydrogen) atoms. The predicted octanol–water partition coefficient (Wildman–Crippen LogP) is -2.46. The van der Waals surface area contributed by atoms with Gasteiger partial charge >= 0.3 is 21.3 Å². The van der Waals surface area contributed by atoms with Gasteiger partial charge in [-0.15, -0.1) is 0 Å². The molecular formula is C16H27N3O14P2. The van der Waals surface area contributed by atoms with Crippen molar-refractivity contribution in [1.82, 2.24) is 9.55 Å². The molecule has 0 bridgehead atoms. The molecule has 17 nitrogen and oxygen atoms in total. The minimum absolute atomic E-state index is 0.142. The fourth-order valence-electron chi connectivity index (χ4n) is 3.44. The third-order valence-electron chi connectivity index (χ3n) is 5.42. The number of ether oxygens (including phenoxy) is 2. The van der Waals surface area contributed by atoms with E-state index in [2.05, 4.69) is 18.3 Å². The SMILES string of the molecule is Cc1cn([C@H]2C[C@H](O)[C@@H](COP(=O)(O)OP(=O)(O)O[C@@H]3O[C@H](C)C(N)[C@H](O)[C@H]3O)O2)c(=O)[nH]c1=O. The number of aryl methyl sites for hydroxylation is 1. The number of rotatable bonds is 8. The Morgan fingerprint density at radius 2 is 1.83 bits per heavy atom. The summed E-state index contributed by atoms with van der Waals surface area (Å²) in [4.78, 5) is 45.2. The molecule has 10 atom stereocenters. The lowest BCUT2D eigenvalue weighted by molar-refractivity contribution is -0.242. The second-order valence-electron chi connectivity index (χ2n) is 8.10. The minimum atomic E-state index is -5.40. The van der Waals surface area contributed by atoms with E-state index in [1.165, 1.54) is 20.0 Å². The second kappa shape index (κ2) is 10.6. The molecular weight excluding hydrogens is 520 g/mol. The molecule has 0 spiro atoms. The quantitative estimate of drug-likeness (QED) is 0.166. The van der Waals surface area contributed by atoms with Crippen LogP contribution in [0.5, 0.6) is 0 Å². The predicted molar refractivity (Wildman–Crippen MR) is 113 cm³/mol. The first-order valence-corrected chi connectivity index (χ1v) is 13.2. The summed E-state index contributed by atoms with van der Waals surface area (Å²) >= 11 is 0. The third-order valence-corrected chi connectivity index (χ3v) is 8.02. The van der Waals surface area contributed by atoms with Crippen LogP contribution in [0.3, 0.4) is 0 Å². The molecule has 1 aromatic heterocycles. The van der Waals surface area contributed by atoms with Gasteiger partial charge in [0.05, 0.1) is 24.9 Å². The molecule has 200 valence electrons. The molecule has 2 aliphatic heterocycles. The zero-order chi connectivity index (χ0) is 26.3. The van der Waals surface area contributed by atoms with Crippen LogP contribution >= 0.6 is 15.6 Å². The molecule has 8 N–H and O–H groups in total. The molecule has 3 rings (SSSR count). The highest BCUT2D eigenvalue weighted by Crippen LogP contribution is 2.61. The van der Waals surface area contributed by atoms with Crippen LogP contribution in [0.2, 0.25) is 0 Å². The summed E-state index contributed by atoms with van der Waals surface area (Å²) < 4.78 is 49.3. The summed E-state index contributed by atoms with van der Waals surface area (Å²) in [5.74, 6) is 0. The van der Waals surface area contributed by atoms with Gasteiger partial charge in [-0.1, -0.05) is 0 Å². The van der Waals surface area contributed by atoms with Crippen LogP contribution in [0.15, 0.2) is 15.8 Å². The van der Waals surface area contributed by atoms with Gasteiger partial charge in [0.15, 0.2) is 6.29 Å². The van der Waals surface area contributed by atoms with Crippen molar-refractivity contribution in [1.29, 1.82) is 0 Å². The molecule has 0 radical (unpaired) electrons. The molecule has 3 heterocycles. The van der Waals surface area contributed by atoms with E-state index in [-0.39, 0.29) is 12.0 Å². The molecule has 1 aromatic rings. The number of aromatic nitrogens is 2. The van der Waals surface area contributed by atoms with Gasteiger partial charge in [-0.3, -0.25) is 23.4 Å². The molecule has 0 saturated carbocycles. The maximum atomic E-state index is 12.2. The number of aromatic amines is 1. The van der Waals surface area contributed by atoms with E-state index < -0.39 is 82.6 Å². The highest BCUT2D eigenvalue weighted by molar-refractivity contribution is 7.61. The number of aliphatic hydroxyl groups is 3. The number of hydrogen-bond donors (Lipinski definition) is 7. The van der Waals surface area contributed by atoms with E-state index in [4.69, 9.17) is 15.2 Å². The van der Waals surface area contributed by atoms with Gasteiger partial charge < -0.3 is 40.3 Å². The first-order valence-electron chi connectivity index (χ1n) is 10.2. The van der Waals surface area contributed by atoms with Crippen molar-refractivity contribution in [3.05, 3.63) is 32.6 Å². The summed E-state index contributed by atoms with van der Waals surface area (Å²) in [6, 6.07) is -1.03. The van der Waals surface area contributed by atoms with E-state index >= 15 is 0 Å². The smallest absolute Gasteiger partial charge is 0.390 e. The maximum Gasteiger partial charge on any atom is 0.483 e. The molecule has 2 aliphatic rings. The normalized spacial score (nSPS) is 37.0. The molecule has 19 heteroatoms. The Balaban J connectivity index is 1.59. The van der Waals surface area contributed by atoms with Crippen molar-refractivity contribution in [2.75, 3.05) is 6.61 Å². The van der Waals surface area contributed by atoms with E-state index in [1.54, 1.807) is 0 Å². The van der Waals surface area contributed by atoms with Crippen LogP contribution in [0.1, 0.15) is 25.1 Å². The number of hydrogen-bond acceptors (Lipinski definition) is 13. The Kier molecular flexibility index (Phi) is 8.56. The van der Waals surface area contributed by atoms with Crippen LogP contribution in [-0.4, -0.2) is 84.1 Å². The number of nitrogens with one attached hydrogen (secondary N) is 1. The Bertz CT molecular complexity index is 1130. The number of nitrogens with zero attached hydrogens (tertiary/aromatic N) is 1. The first kappa shape index (κ1) is 28.3. The Labute approximate surface area is 197 Å². The zero-order valence-corrected chi connectivity index (χ0v) is 20.2. The van der Waals surface area contributed by atoms with Crippen molar-refractivity contribution in [3.8, 4) is 0 Å². The summed E-state index contributed by atoms with van der Waals surface area (Å²) in [6.07, 6.45) is -8.81. The summed E-state index contributed by atoms with van der Waals surface area (Å²) in [7, 11) is -10.7. The van der Waals surface area contributed by atoms with Crippen molar-refractivity contribution in [2.24, 2.45) is 5.73 Å². The fraction of sp³-hybridized carbons (Fsp3) is 0.750. The van der Waals surface area contributed by atoms with E-state index in [1.807, 2.05) is 0 Å². The second-order valence-corrected chi connectivity index (χ2v) is 11.1. The Hall–Kier alpha value is -1.30. The Morgan fingerprint density at radius 1 is 1.17 bits per heavy atom. The maximum absolute atomic E-state index is 12.2. The number of aliphatic hydroxyl groups excluding tert-OH is 3. The van der Waals surface area contributed by atoms with Crippen molar-refractivity contribution in [2.45, 2.75) is 69.3 Å². The van der Waals surface area contributed by atoms with Gasteiger partial charge in [0.25, 0.3) is 5.56 Å². The highest BCUT2D eigenvalue weighted by Gasteiger charge is 2.47. The number of nitrogens with two attached hydrogens (primary N) is 1. The van der Waals surface area contributed by atoms with Crippen LogP contribution < -0.4 is 17.0 Å². The summed E-state index contributed by atoms with van der Waals surface area (Å²) in [5.41, 5.74) is 4.39. The molecule has 0 amide bonds. The minimum Gasteiger partial charge on any atom is -0.390 e. The fourth-order valence-corrected chi connectivity index (χ4v) is 5.60. The number of phosphoric ester groups is 2. The van der Waals surface area contributed by atoms with Crippen molar-refractivity contribution < 1.29 is 57.1 Å². The van der Waals surface area contributed by atoms with Crippen LogP contribution in [0.25, 0.3) is 0 Å². The van der Waals surface area contributed by atoms with Gasteiger partial charge in [0, 0.05) is 18.2 Å². The highest BCUT2D eigenvalue weighted by atomic mass is 31.3. The number of phosphoric acid groups is 2. The van der Waals surface area contributed by atoms with Gasteiger partial charge in [-0.25, -0.2) is 13.9 Å². The van der Waals surface area contributed by atoms with E-state index in [0.29, 0.717) is 0 Å². The summed E-state index contributed by atoms with van der Waals surface area (Å²) in [6.45, 7) is 2.03. The van der Waals surface area contributed by atoms with E-state index in [9.17, 15) is 43.8 Å². The van der Waals surface area contributed by atoms with Crippen molar-refractivity contribution >= 4 is 15.6 Å². The lowest BCUT2D eigenvalue weighted by atomic mass is 9.98. The van der Waals surface area contributed by atoms with Gasteiger partial charge in [-0.2, -0.15) is 4.31 Å². The van der Waals surface area contributed by atoms with Gasteiger partial charge in [-0.05, 0) is 13.8 Å². The molecule has 2 fully saturated rings. The standard InChI is InChI=1S/C16H27N3O14P2/c1-6-4-19(16(24)18-14(6)23)10-3-8(20)9(31-10)5-29-34(25,26)33-35(27,28)32-15-13(22)12(21)11(17)7(2)30-15/h4,7-13,15,20-22H,3,5,17H2,1-2H3,(H,25,26)(H,27,28)(H,18,23,24)/t7-,8+,9-,10-,11?,12+,13-,15+/m1/s1. The third kappa shape index (κ3) is 6.72. The lowest BCUT2D eigenvalue weighted by Crippen LogP contribution is -2.60. The first-order chi connectivity index (χ1) is 16.1. The monoisotopic (exact) mass is 547 g/mol. The zero-order valence-electron chi connectivity index (χ0n) is 18.4. The van der Waals surface area contributed by atoms with Crippen LogP contribution in [0.4, 0.5) is 0 Å². The lowest BCUT2D eigenvalue weighted by Gasteiger charge is -2.39. The molecule has 0 aromatic carbocycles. The largest absolute Gasteiger partial charge is 0.483 e. The van der Waals surface area contributed by atoms with Gasteiger partial charge in [0.1, 0.15) is 24.5 Å². The topological polar surface area (TPSA) is 262 Å². The number of H-pyrrole nitrogens is 1. The van der Waals surface area contributed by atoms with E-state index in [0.717, 1.165) is 4.57 Å². The van der Waals surface area contributed by atoms with Crippen LogP contribution in [-0.2, 0) is 32.0 Å². The van der Waals surface area contributed by atoms with Crippen LogP contribution in [0, 0.1) is 6.92 Å². The van der Waals surface area contributed by atoms with Crippen molar-refractivity contribution in [3.63, 3.8) is 0 Å². The molecule has 0 aliphatic carbocycles. The molecule has 2 saturated heterocycles.